The molecule has 2 heterocycles. The van der Waals surface area contributed by atoms with Gasteiger partial charge >= 0.3 is 5.76 Å². The first kappa shape index (κ1) is 11.3. The summed E-state index contributed by atoms with van der Waals surface area (Å²) in [6.45, 7) is 0. The van der Waals surface area contributed by atoms with Crippen LogP contribution in [0.4, 0.5) is 0 Å². The molecule has 0 saturated carbocycles. The molecule has 0 aliphatic heterocycles. The SMILES string of the molecule is O=c1[nH]c2ccc(C(O)c3ccoc3Br)cc2o1. The molecule has 3 rings (SSSR count). The molecule has 0 aliphatic carbocycles. The van der Waals surface area contributed by atoms with Gasteiger partial charge in [0.15, 0.2) is 10.3 Å². The van der Waals surface area contributed by atoms with Crippen molar-refractivity contribution in [2.75, 3.05) is 0 Å². The molecule has 1 aromatic carbocycles. The molecule has 92 valence electrons. The van der Waals surface area contributed by atoms with E-state index >= 15 is 0 Å². The number of H-pyrrole nitrogens is 1. The number of aliphatic hydroxyl groups excluding tert-OH is 1. The number of aliphatic hydroxyl groups is 1. The first-order chi connectivity index (χ1) is 8.65. The number of aromatic nitrogens is 1. The molecule has 3 aromatic rings. The van der Waals surface area contributed by atoms with Gasteiger partial charge in [0, 0.05) is 5.56 Å². The maximum Gasteiger partial charge on any atom is 0.417 e. The molecule has 0 saturated heterocycles. The Bertz CT molecular complexity index is 755. The number of hydrogen-bond donors (Lipinski definition) is 2. The van der Waals surface area contributed by atoms with Gasteiger partial charge in [0.05, 0.1) is 11.8 Å². The predicted molar refractivity (Wildman–Crippen MR) is 67.3 cm³/mol. The summed E-state index contributed by atoms with van der Waals surface area (Å²) in [5, 5.41) is 10.2. The minimum Gasteiger partial charge on any atom is -0.457 e. The van der Waals surface area contributed by atoms with E-state index in [9.17, 15) is 9.90 Å². The first-order valence-electron chi connectivity index (χ1n) is 5.19. The van der Waals surface area contributed by atoms with Crippen LogP contribution in [-0.2, 0) is 0 Å². The van der Waals surface area contributed by atoms with Crippen LogP contribution in [0.5, 0.6) is 0 Å². The molecular formula is C12H8BrNO4. The number of benzene rings is 1. The van der Waals surface area contributed by atoms with E-state index in [0.717, 1.165) is 0 Å². The summed E-state index contributed by atoms with van der Waals surface area (Å²) in [5.74, 6) is -0.513. The van der Waals surface area contributed by atoms with E-state index in [2.05, 4.69) is 20.9 Å². The van der Waals surface area contributed by atoms with Gasteiger partial charge in [-0.25, -0.2) is 4.79 Å². The van der Waals surface area contributed by atoms with E-state index in [1.807, 2.05) is 0 Å². The summed E-state index contributed by atoms with van der Waals surface area (Å²) in [6.07, 6.45) is 0.639. The lowest BCUT2D eigenvalue weighted by molar-refractivity contribution is 0.218. The lowest BCUT2D eigenvalue weighted by atomic mass is 10.0. The van der Waals surface area contributed by atoms with Crippen molar-refractivity contribution in [1.82, 2.24) is 4.98 Å². The third-order valence-electron chi connectivity index (χ3n) is 2.70. The van der Waals surface area contributed by atoms with Crippen LogP contribution in [0.15, 0.2) is 48.8 Å². The second-order valence-corrected chi connectivity index (χ2v) is 4.54. The van der Waals surface area contributed by atoms with E-state index in [1.54, 1.807) is 24.3 Å². The van der Waals surface area contributed by atoms with E-state index in [4.69, 9.17) is 8.83 Å². The van der Waals surface area contributed by atoms with Crippen LogP contribution in [0.1, 0.15) is 17.2 Å². The van der Waals surface area contributed by atoms with E-state index in [1.165, 1.54) is 6.26 Å². The van der Waals surface area contributed by atoms with Gasteiger partial charge in [-0.1, -0.05) is 6.07 Å². The monoisotopic (exact) mass is 309 g/mol. The van der Waals surface area contributed by atoms with Crippen molar-refractivity contribution in [1.29, 1.82) is 0 Å². The van der Waals surface area contributed by atoms with E-state index in [0.29, 0.717) is 26.9 Å². The van der Waals surface area contributed by atoms with Crippen LogP contribution in [0.25, 0.3) is 11.1 Å². The number of halogens is 1. The highest BCUT2D eigenvalue weighted by Gasteiger charge is 2.17. The summed E-state index contributed by atoms with van der Waals surface area (Å²) < 4.78 is 10.5. The smallest absolute Gasteiger partial charge is 0.417 e. The lowest BCUT2D eigenvalue weighted by Crippen LogP contribution is -1.98. The van der Waals surface area contributed by atoms with Crippen molar-refractivity contribution in [3.05, 3.63) is 56.9 Å². The molecule has 18 heavy (non-hydrogen) atoms. The average Bonchev–Trinajstić information content (AvgIpc) is 2.91. The highest BCUT2D eigenvalue weighted by molar-refractivity contribution is 9.10. The Morgan fingerprint density at radius 3 is 2.89 bits per heavy atom. The predicted octanol–water partition coefficient (Wildman–Crippen LogP) is 2.56. The maximum atomic E-state index is 11.0. The molecular weight excluding hydrogens is 302 g/mol. The molecule has 5 nitrogen and oxygen atoms in total. The Kier molecular flexibility index (Phi) is 2.61. The summed E-state index contributed by atoms with van der Waals surface area (Å²) in [6, 6.07) is 6.70. The number of fused-ring (bicyclic) bond motifs is 1. The number of rotatable bonds is 2. The number of nitrogens with one attached hydrogen (secondary N) is 1. The number of aromatic amines is 1. The first-order valence-corrected chi connectivity index (χ1v) is 5.98. The number of furan rings is 1. The van der Waals surface area contributed by atoms with Gasteiger partial charge in [0.2, 0.25) is 0 Å². The topological polar surface area (TPSA) is 79.4 Å². The normalized spacial score (nSPS) is 13.0. The lowest BCUT2D eigenvalue weighted by Gasteiger charge is -2.08. The van der Waals surface area contributed by atoms with Crippen molar-refractivity contribution < 1.29 is 13.9 Å². The Morgan fingerprint density at radius 1 is 1.33 bits per heavy atom. The minimum atomic E-state index is -0.845. The molecule has 0 spiro atoms. The van der Waals surface area contributed by atoms with Crippen molar-refractivity contribution in [2.45, 2.75) is 6.10 Å². The largest absolute Gasteiger partial charge is 0.457 e. The standard InChI is InChI=1S/C12H8BrNO4/c13-11-7(3-4-17-11)10(15)6-1-2-8-9(5-6)18-12(16)14-8/h1-5,10,15H,(H,14,16). The molecule has 2 aromatic heterocycles. The van der Waals surface area contributed by atoms with Gasteiger partial charge in [-0.05, 0) is 39.7 Å². The fraction of sp³-hybridized carbons (Fsp3) is 0.0833. The minimum absolute atomic E-state index is 0.413. The Hall–Kier alpha value is -1.79. The van der Waals surface area contributed by atoms with Crippen LogP contribution in [0.3, 0.4) is 0 Å². The number of oxazole rings is 1. The van der Waals surface area contributed by atoms with Gasteiger partial charge in [0.1, 0.15) is 6.10 Å². The second-order valence-electron chi connectivity index (χ2n) is 3.82. The van der Waals surface area contributed by atoms with Crippen LogP contribution < -0.4 is 5.76 Å². The fourth-order valence-corrected chi connectivity index (χ4v) is 2.27. The molecule has 2 N–H and O–H groups in total. The van der Waals surface area contributed by atoms with Crippen molar-refractivity contribution in [3.8, 4) is 0 Å². The molecule has 1 unspecified atom stereocenters. The van der Waals surface area contributed by atoms with E-state index < -0.39 is 11.9 Å². The van der Waals surface area contributed by atoms with Crippen LogP contribution in [0, 0.1) is 0 Å². The highest BCUT2D eigenvalue weighted by atomic mass is 79.9. The van der Waals surface area contributed by atoms with Crippen molar-refractivity contribution >= 4 is 27.0 Å². The van der Waals surface area contributed by atoms with Crippen molar-refractivity contribution in [3.63, 3.8) is 0 Å². The summed E-state index contributed by atoms with van der Waals surface area (Å²) in [4.78, 5) is 13.6. The summed E-state index contributed by atoms with van der Waals surface area (Å²) in [5.41, 5.74) is 2.25. The second kappa shape index (κ2) is 4.15. The zero-order valence-electron chi connectivity index (χ0n) is 9.01. The third-order valence-corrected chi connectivity index (χ3v) is 3.35. The molecule has 0 amide bonds. The van der Waals surface area contributed by atoms with Gasteiger partial charge in [0.25, 0.3) is 0 Å². The molecule has 1 atom stereocenters. The summed E-state index contributed by atoms with van der Waals surface area (Å²) >= 11 is 3.21. The van der Waals surface area contributed by atoms with Crippen molar-refractivity contribution in [2.24, 2.45) is 0 Å². The van der Waals surface area contributed by atoms with Crippen LogP contribution in [-0.4, -0.2) is 10.1 Å². The molecule has 0 bridgehead atoms. The van der Waals surface area contributed by atoms with Gasteiger partial charge < -0.3 is 13.9 Å². The van der Waals surface area contributed by atoms with E-state index in [-0.39, 0.29) is 0 Å². The van der Waals surface area contributed by atoms with Crippen LogP contribution >= 0.6 is 15.9 Å². The van der Waals surface area contributed by atoms with Crippen LogP contribution in [0.2, 0.25) is 0 Å². The molecule has 0 fully saturated rings. The summed E-state index contributed by atoms with van der Waals surface area (Å²) in [7, 11) is 0. The molecule has 6 heteroatoms. The Morgan fingerprint density at radius 2 is 2.17 bits per heavy atom. The van der Waals surface area contributed by atoms with Gasteiger partial charge in [-0.15, -0.1) is 0 Å². The molecule has 0 radical (unpaired) electrons. The average molecular weight is 310 g/mol. The zero-order chi connectivity index (χ0) is 12.7. The highest BCUT2D eigenvalue weighted by Crippen LogP contribution is 2.30. The zero-order valence-corrected chi connectivity index (χ0v) is 10.6. The Labute approximate surface area is 109 Å². The third kappa shape index (κ3) is 1.79. The quantitative estimate of drug-likeness (QED) is 0.762. The maximum absolute atomic E-state index is 11.0. The number of hydrogen-bond acceptors (Lipinski definition) is 4. The van der Waals surface area contributed by atoms with Gasteiger partial charge in [-0.3, -0.25) is 4.98 Å². The van der Waals surface area contributed by atoms with Gasteiger partial charge in [-0.2, -0.15) is 0 Å². The fourth-order valence-electron chi connectivity index (χ4n) is 1.81. The molecule has 0 aliphatic rings. The Balaban J connectivity index is 2.09.